The average Bonchev–Trinajstić information content (AvgIpc) is 3.22. The predicted octanol–water partition coefficient (Wildman–Crippen LogP) is 2.52. The van der Waals surface area contributed by atoms with Gasteiger partial charge in [0.1, 0.15) is 17.8 Å². The molecule has 2 aliphatic rings. The van der Waals surface area contributed by atoms with E-state index in [2.05, 4.69) is 15.1 Å². The van der Waals surface area contributed by atoms with Crippen LogP contribution in [0.15, 0.2) is 29.0 Å². The molecule has 1 aliphatic heterocycles. The van der Waals surface area contributed by atoms with Crippen molar-refractivity contribution in [2.24, 2.45) is 0 Å². The van der Waals surface area contributed by atoms with E-state index < -0.39 is 5.82 Å². The Morgan fingerprint density at radius 2 is 2.16 bits per heavy atom. The van der Waals surface area contributed by atoms with E-state index in [0.29, 0.717) is 29.0 Å². The first-order valence-corrected chi connectivity index (χ1v) is 8.08. The largest absolute Gasteiger partial charge is 0.339 e. The van der Waals surface area contributed by atoms with Crippen LogP contribution >= 0.6 is 0 Å². The lowest BCUT2D eigenvalue weighted by molar-refractivity contribution is 0.0783. The van der Waals surface area contributed by atoms with E-state index in [4.69, 9.17) is 4.52 Å². The lowest BCUT2D eigenvalue weighted by atomic mass is 10.1. The quantitative estimate of drug-likeness (QED) is 0.717. The number of amides is 1. The summed E-state index contributed by atoms with van der Waals surface area (Å²) in [5.74, 6) is 0.460. The Morgan fingerprint density at radius 1 is 1.32 bits per heavy atom. The molecule has 0 bridgehead atoms. The van der Waals surface area contributed by atoms with Crippen molar-refractivity contribution in [2.45, 2.75) is 25.3 Å². The monoisotopic (exact) mass is 339 g/mol. The number of carbonyl (C=O) groups is 1. The highest BCUT2D eigenvalue weighted by Crippen LogP contribution is 2.40. The van der Waals surface area contributed by atoms with Crippen LogP contribution < -0.4 is 0 Å². The van der Waals surface area contributed by atoms with E-state index in [0.717, 1.165) is 18.5 Å². The molecule has 3 heterocycles. The van der Waals surface area contributed by atoms with Crippen LogP contribution in [0.3, 0.4) is 0 Å². The smallest absolute Gasteiger partial charge is 0.259 e. The molecule has 25 heavy (non-hydrogen) atoms. The van der Waals surface area contributed by atoms with Gasteiger partial charge in [0.15, 0.2) is 0 Å². The highest BCUT2D eigenvalue weighted by molar-refractivity contribution is 5.98. The molecule has 1 fully saturated rings. The third kappa shape index (κ3) is 2.10. The van der Waals surface area contributed by atoms with Crippen LogP contribution in [0.2, 0.25) is 0 Å². The number of hydrogen-bond donors (Lipinski definition) is 0. The first-order valence-electron chi connectivity index (χ1n) is 8.08. The Hall–Kier alpha value is -3.03. The summed E-state index contributed by atoms with van der Waals surface area (Å²) in [4.78, 5) is 22.9. The van der Waals surface area contributed by atoms with Gasteiger partial charge in [-0.25, -0.2) is 9.37 Å². The van der Waals surface area contributed by atoms with E-state index in [9.17, 15) is 9.18 Å². The molecule has 3 aromatic rings. The topological polar surface area (TPSA) is 77.1 Å². The minimum atomic E-state index is -0.548. The predicted molar refractivity (Wildman–Crippen MR) is 84.6 cm³/mol. The third-order valence-electron chi connectivity index (χ3n) is 4.65. The van der Waals surface area contributed by atoms with Gasteiger partial charge in [0.2, 0.25) is 11.7 Å². The second-order valence-corrected chi connectivity index (χ2v) is 6.44. The molecule has 0 unspecified atom stereocenters. The molecule has 1 saturated carbocycles. The molecule has 1 aromatic carbocycles. The molecule has 8 heteroatoms. The van der Waals surface area contributed by atoms with E-state index in [1.807, 2.05) is 0 Å². The fourth-order valence-electron chi connectivity index (χ4n) is 3.16. The maximum Gasteiger partial charge on any atom is 0.259 e. The molecule has 2 aromatic heterocycles. The van der Waals surface area contributed by atoms with Gasteiger partial charge in [-0.15, -0.1) is 0 Å². The second kappa shape index (κ2) is 4.98. The number of rotatable bonds is 2. The Balaban J connectivity index is 1.69. The van der Waals surface area contributed by atoms with Crippen LogP contribution in [0, 0.1) is 5.82 Å². The van der Waals surface area contributed by atoms with Crippen molar-refractivity contribution in [2.75, 3.05) is 7.05 Å². The molecule has 0 spiro atoms. The van der Waals surface area contributed by atoms with Crippen LogP contribution in [-0.2, 0) is 6.54 Å². The first-order chi connectivity index (χ1) is 12.1. The first kappa shape index (κ1) is 14.3. The van der Waals surface area contributed by atoms with Crippen molar-refractivity contribution in [3.05, 3.63) is 47.5 Å². The summed E-state index contributed by atoms with van der Waals surface area (Å²) in [6.45, 7) is 0.273. The van der Waals surface area contributed by atoms with Crippen molar-refractivity contribution < 1.29 is 13.7 Å². The minimum absolute atomic E-state index is 0.0412. The maximum atomic E-state index is 14.3. The van der Waals surface area contributed by atoms with Gasteiger partial charge in [-0.05, 0) is 25.0 Å². The molecular weight excluding hydrogens is 325 g/mol. The number of benzene rings is 1. The summed E-state index contributed by atoms with van der Waals surface area (Å²) in [5.41, 5.74) is 1.78. The number of fused-ring (bicyclic) bond motifs is 3. The molecule has 5 rings (SSSR count). The number of nitrogens with zero attached hydrogens (tertiary/aromatic N) is 5. The van der Waals surface area contributed by atoms with Gasteiger partial charge in [0, 0.05) is 13.0 Å². The van der Waals surface area contributed by atoms with Crippen molar-refractivity contribution >= 4 is 5.91 Å². The summed E-state index contributed by atoms with van der Waals surface area (Å²) in [5, 5.41) is 4.04. The summed E-state index contributed by atoms with van der Waals surface area (Å²) in [6, 6.07) is 4.57. The standard InChI is InChI=1S/C17H14FN5O2/c1-22-7-12-14(15-20-16(25-21-15)9-5-6-9)19-8-23(12)11-4-2-3-10(18)13(11)17(22)24/h2-4,8-9H,5-7H2,1H3. The fourth-order valence-corrected chi connectivity index (χ4v) is 3.16. The van der Waals surface area contributed by atoms with Gasteiger partial charge in [0.05, 0.1) is 23.5 Å². The Kier molecular flexibility index (Phi) is 2.85. The van der Waals surface area contributed by atoms with Crippen molar-refractivity contribution in [3.8, 4) is 17.2 Å². The van der Waals surface area contributed by atoms with E-state index in [1.165, 1.54) is 11.0 Å². The van der Waals surface area contributed by atoms with Crippen LogP contribution in [0.5, 0.6) is 0 Å². The van der Waals surface area contributed by atoms with Gasteiger partial charge in [-0.2, -0.15) is 4.98 Å². The van der Waals surface area contributed by atoms with Crippen LogP contribution in [0.25, 0.3) is 17.2 Å². The van der Waals surface area contributed by atoms with Gasteiger partial charge in [-0.1, -0.05) is 11.2 Å². The van der Waals surface area contributed by atoms with Gasteiger partial charge in [0.25, 0.3) is 5.91 Å². The lowest BCUT2D eigenvalue weighted by Crippen LogP contribution is -2.26. The zero-order chi connectivity index (χ0) is 17.1. The summed E-state index contributed by atoms with van der Waals surface area (Å²) >= 11 is 0. The average molecular weight is 339 g/mol. The normalized spacial score (nSPS) is 16.6. The number of aromatic nitrogens is 4. The Morgan fingerprint density at radius 3 is 2.96 bits per heavy atom. The van der Waals surface area contributed by atoms with Gasteiger partial charge >= 0.3 is 0 Å². The minimum Gasteiger partial charge on any atom is -0.339 e. The number of hydrogen-bond acceptors (Lipinski definition) is 5. The molecule has 0 N–H and O–H groups in total. The van der Waals surface area contributed by atoms with Crippen LogP contribution in [0.4, 0.5) is 4.39 Å². The number of imidazole rings is 1. The maximum absolute atomic E-state index is 14.3. The van der Waals surface area contributed by atoms with Crippen molar-refractivity contribution in [1.29, 1.82) is 0 Å². The molecule has 0 atom stereocenters. The Labute approximate surface area is 142 Å². The molecule has 0 saturated heterocycles. The summed E-state index contributed by atoms with van der Waals surface area (Å²) < 4.78 is 21.3. The van der Waals surface area contributed by atoms with Crippen LogP contribution in [-0.4, -0.2) is 37.5 Å². The van der Waals surface area contributed by atoms with E-state index >= 15 is 0 Å². The molecule has 7 nitrogen and oxygen atoms in total. The highest BCUT2D eigenvalue weighted by Gasteiger charge is 2.33. The van der Waals surface area contributed by atoms with Gasteiger partial charge in [-0.3, -0.25) is 9.36 Å². The third-order valence-corrected chi connectivity index (χ3v) is 4.65. The van der Waals surface area contributed by atoms with Crippen molar-refractivity contribution in [3.63, 3.8) is 0 Å². The zero-order valence-electron chi connectivity index (χ0n) is 13.4. The SMILES string of the molecule is CN1Cc2c(-c3noc(C4CC4)n3)ncn2-c2cccc(F)c2C1=O. The second-order valence-electron chi connectivity index (χ2n) is 6.44. The van der Waals surface area contributed by atoms with E-state index in [-0.39, 0.29) is 18.0 Å². The van der Waals surface area contributed by atoms with Gasteiger partial charge < -0.3 is 9.42 Å². The van der Waals surface area contributed by atoms with Crippen molar-refractivity contribution in [1.82, 2.24) is 24.6 Å². The number of carbonyl (C=O) groups excluding carboxylic acids is 1. The van der Waals surface area contributed by atoms with Crippen LogP contribution in [0.1, 0.15) is 40.7 Å². The zero-order valence-corrected chi connectivity index (χ0v) is 13.4. The lowest BCUT2D eigenvalue weighted by Gasteiger charge is -2.14. The molecule has 1 aliphatic carbocycles. The molecule has 0 radical (unpaired) electrons. The number of halogens is 1. The molecular formula is C17H14FN5O2. The summed E-state index contributed by atoms with van der Waals surface area (Å²) in [6.07, 6.45) is 3.70. The fraction of sp³-hybridized carbons (Fsp3) is 0.294. The Bertz CT molecular complexity index is 1000. The molecule has 126 valence electrons. The highest BCUT2D eigenvalue weighted by atomic mass is 19.1. The molecule has 1 amide bonds. The van der Waals surface area contributed by atoms with E-state index in [1.54, 1.807) is 30.1 Å². The summed E-state index contributed by atoms with van der Waals surface area (Å²) in [7, 11) is 1.64.